The van der Waals surface area contributed by atoms with Gasteiger partial charge in [0, 0.05) is 12.8 Å². The highest BCUT2D eigenvalue weighted by molar-refractivity contribution is 5.04. The van der Waals surface area contributed by atoms with E-state index >= 15 is 0 Å². The predicted octanol–water partition coefficient (Wildman–Crippen LogP) is 1.42. The third kappa shape index (κ3) is 1.73. The van der Waals surface area contributed by atoms with E-state index in [-0.39, 0.29) is 0 Å². The highest BCUT2D eigenvalue weighted by atomic mass is 16.6. The molecule has 1 aliphatic carbocycles. The monoisotopic (exact) mass is 208 g/mol. The molecule has 0 aromatic rings. The fraction of sp³-hybridized carbons (Fsp3) is 0.833. The average molecular weight is 208 g/mol. The van der Waals surface area contributed by atoms with E-state index in [1.165, 1.54) is 0 Å². The van der Waals surface area contributed by atoms with Crippen LogP contribution in [-0.4, -0.2) is 36.6 Å². The van der Waals surface area contributed by atoms with Gasteiger partial charge in [-0.2, -0.15) is 0 Å². The van der Waals surface area contributed by atoms with Gasteiger partial charge in [-0.1, -0.05) is 12.2 Å². The second-order valence-electron chi connectivity index (χ2n) is 5.05. The molecule has 3 aliphatic heterocycles. The fourth-order valence-corrected chi connectivity index (χ4v) is 2.70. The lowest BCUT2D eigenvalue weighted by Gasteiger charge is -1.93. The molecule has 6 atom stereocenters. The normalized spacial score (nSPS) is 58.7. The molecular weight excluding hydrogens is 192 g/mol. The summed E-state index contributed by atoms with van der Waals surface area (Å²) >= 11 is 0. The molecule has 0 N–H and O–H groups in total. The van der Waals surface area contributed by atoms with Gasteiger partial charge in [-0.15, -0.1) is 0 Å². The molecule has 3 saturated heterocycles. The van der Waals surface area contributed by atoms with E-state index in [2.05, 4.69) is 12.2 Å². The Morgan fingerprint density at radius 2 is 1.00 bits per heavy atom. The van der Waals surface area contributed by atoms with Crippen LogP contribution < -0.4 is 0 Å². The van der Waals surface area contributed by atoms with Gasteiger partial charge in [0.1, 0.15) is 0 Å². The summed E-state index contributed by atoms with van der Waals surface area (Å²) < 4.78 is 16.9. The van der Waals surface area contributed by atoms with Crippen molar-refractivity contribution in [2.75, 3.05) is 0 Å². The quantitative estimate of drug-likeness (QED) is 0.446. The van der Waals surface area contributed by atoms with Crippen molar-refractivity contribution < 1.29 is 14.2 Å². The molecule has 15 heavy (non-hydrogen) atoms. The second-order valence-corrected chi connectivity index (χ2v) is 5.05. The maximum Gasteiger partial charge on any atom is 0.0877 e. The van der Waals surface area contributed by atoms with Crippen LogP contribution >= 0.6 is 0 Å². The van der Waals surface area contributed by atoms with Gasteiger partial charge in [0.05, 0.1) is 36.6 Å². The van der Waals surface area contributed by atoms with Crippen molar-refractivity contribution in [2.24, 2.45) is 0 Å². The van der Waals surface area contributed by atoms with Crippen LogP contribution in [0.4, 0.5) is 0 Å². The summed E-state index contributed by atoms with van der Waals surface area (Å²) in [6.45, 7) is 0. The molecule has 0 aromatic carbocycles. The summed E-state index contributed by atoms with van der Waals surface area (Å²) in [6, 6.07) is 0. The number of epoxide rings is 3. The minimum Gasteiger partial charge on any atom is -0.369 e. The lowest BCUT2D eigenvalue weighted by atomic mass is 10.0. The minimum absolute atomic E-state index is 0.466. The summed E-state index contributed by atoms with van der Waals surface area (Å²) in [4.78, 5) is 0. The van der Waals surface area contributed by atoms with Gasteiger partial charge >= 0.3 is 0 Å². The Kier molecular flexibility index (Phi) is 1.78. The first-order chi connectivity index (χ1) is 7.40. The first-order valence-corrected chi connectivity index (χ1v) is 6.01. The Morgan fingerprint density at radius 1 is 0.600 bits per heavy atom. The molecule has 4 rings (SSSR count). The molecule has 0 bridgehead atoms. The minimum atomic E-state index is 0.466. The van der Waals surface area contributed by atoms with Crippen molar-refractivity contribution in [3.63, 3.8) is 0 Å². The van der Waals surface area contributed by atoms with Gasteiger partial charge in [-0.3, -0.25) is 0 Å². The van der Waals surface area contributed by atoms with Crippen LogP contribution in [0.5, 0.6) is 0 Å². The molecule has 3 nitrogen and oxygen atoms in total. The standard InChI is InChI=1S/C12H16O3/c1-2-4-8-10(14-8)6-12-11(15-12)5-9-7(3-1)13-9/h1-2,7-12H,3-6H2/b2-1-/t7-,8+,9+,10-,11+,12-. The van der Waals surface area contributed by atoms with Crippen LogP contribution in [0, 0.1) is 0 Å². The summed E-state index contributed by atoms with van der Waals surface area (Å²) in [6.07, 6.45) is 11.6. The third-order valence-corrected chi connectivity index (χ3v) is 3.90. The van der Waals surface area contributed by atoms with E-state index < -0.39 is 0 Å². The number of fused-ring (bicyclic) bond motifs is 3. The van der Waals surface area contributed by atoms with Gasteiger partial charge < -0.3 is 14.2 Å². The van der Waals surface area contributed by atoms with Crippen LogP contribution in [-0.2, 0) is 14.2 Å². The SMILES string of the molecule is C1=C\C[C@H]2O[C@H]2C[C@@H]2O[C@@H]2C[C@H]2O[C@H]2C/1. The van der Waals surface area contributed by atoms with Crippen molar-refractivity contribution in [1.29, 1.82) is 0 Å². The molecule has 4 aliphatic rings. The lowest BCUT2D eigenvalue weighted by Crippen LogP contribution is -2.05. The average Bonchev–Trinajstić information content (AvgIpc) is 3.06. The van der Waals surface area contributed by atoms with Gasteiger partial charge in [0.2, 0.25) is 0 Å². The van der Waals surface area contributed by atoms with Gasteiger partial charge in [0.15, 0.2) is 0 Å². The van der Waals surface area contributed by atoms with E-state index in [9.17, 15) is 0 Å². The van der Waals surface area contributed by atoms with Crippen molar-refractivity contribution in [3.05, 3.63) is 12.2 Å². The Bertz CT molecular complexity index is 273. The van der Waals surface area contributed by atoms with E-state index in [0.29, 0.717) is 36.6 Å². The van der Waals surface area contributed by atoms with E-state index in [0.717, 1.165) is 25.7 Å². The molecule has 0 unspecified atom stereocenters. The zero-order chi connectivity index (χ0) is 9.83. The maximum absolute atomic E-state index is 5.64. The van der Waals surface area contributed by atoms with Crippen LogP contribution in [0.2, 0.25) is 0 Å². The second kappa shape index (κ2) is 3.06. The first kappa shape index (κ1) is 8.74. The number of hydrogen-bond donors (Lipinski definition) is 0. The third-order valence-electron chi connectivity index (χ3n) is 3.90. The van der Waals surface area contributed by atoms with Crippen molar-refractivity contribution in [2.45, 2.75) is 62.3 Å². The van der Waals surface area contributed by atoms with Crippen LogP contribution in [0.3, 0.4) is 0 Å². The van der Waals surface area contributed by atoms with Gasteiger partial charge in [-0.05, 0) is 12.8 Å². The molecule has 0 spiro atoms. The summed E-state index contributed by atoms with van der Waals surface area (Å²) in [5, 5.41) is 0. The number of ether oxygens (including phenoxy) is 3. The molecular formula is C12H16O3. The number of rotatable bonds is 0. The predicted molar refractivity (Wildman–Crippen MR) is 53.6 cm³/mol. The molecule has 3 heteroatoms. The van der Waals surface area contributed by atoms with Gasteiger partial charge in [0.25, 0.3) is 0 Å². The molecule has 0 radical (unpaired) electrons. The van der Waals surface area contributed by atoms with Crippen molar-refractivity contribution >= 4 is 0 Å². The van der Waals surface area contributed by atoms with Crippen LogP contribution in [0.15, 0.2) is 12.2 Å². The largest absolute Gasteiger partial charge is 0.369 e. The van der Waals surface area contributed by atoms with E-state index in [1.807, 2.05) is 0 Å². The van der Waals surface area contributed by atoms with E-state index in [1.54, 1.807) is 0 Å². The van der Waals surface area contributed by atoms with Crippen LogP contribution in [0.1, 0.15) is 25.7 Å². The first-order valence-electron chi connectivity index (χ1n) is 6.01. The van der Waals surface area contributed by atoms with E-state index in [4.69, 9.17) is 14.2 Å². The summed E-state index contributed by atoms with van der Waals surface area (Å²) in [7, 11) is 0. The molecule has 3 heterocycles. The smallest absolute Gasteiger partial charge is 0.0877 e. The Labute approximate surface area is 89.4 Å². The lowest BCUT2D eigenvalue weighted by molar-refractivity contribution is 0.311. The molecule has 0 aromatic heterocycles. The molecule has 82 valence electrons. The molecule has 0 saturated carbocycles. The van der Waals surface area contributed by atoms with Crippen LogP contribution in [0.25, 0.3) is 0 Å². The topological polar surface area (TPSA) is 37.6 Å². The maximum atomic E-state index is 5.64. The highest BCUT2D eigenvalue weighted by Gasteiger charge is 2.51. The summed E-state index contributed by atoms with van der Waals surface area (Å²) in [5.41, 5.74) is 0. The van der Waals surface area contributed by atoms with Gasteiger partial charge in [-0.25, -0.2) is 0 Å². The van der Waals surface area contributed by atoms with Crippen molar-refractivity contribution in [1.82, 2.24) is 0 Å². The van der Waals surface area contributed by atoms with Crippen molar-refractivity contribution in [3.8, 4) is 0 Å². The summed E-state index contributed by atoms with van der Waals surface area (Å²) in [5.74, 6) is 0. The Balaban J connectivity index is 1.43. The molecule has 3 fully saturated rings. The highest BCUT2D eigenvalue weighted by Crippen LogP contribution is 2.42. The number of hydrogen-bond acceptors (Lipinski definition) is 3. The Hall–Kier alpha value is -0.380. The fourth-order valence-electron chi connectivity index (χ4n) is 2.70. The zero-order valence-electron chi connectivity index (χ0n) is 8.67. The zero-order valence-corrected chi connectivity index (χ0v) is 8.67. The Morgan fingerprint density at radius 3 is 1.53 bits per heavy atom. The molecule has 0 amide bonds.